The minimum Gasteiger partial charge on any atom is -0.331 e. The van der Waals surface area contributed by atoms with E-state index in [1.807, 2.05) is 12.1 Å². The zero-order chi connectivity index (χ0) is 16.4. The summed E-state index contributed by atoms with van der Waals surface area (Å²) in [5.74, 6) is -0.238. The molecule has 0 N–H and O–H groups in total. The van der Waals surface area contributed by atoms with Gasteiger partial charge in [-0.2, -0.15) is 13.2 Å². The number of aromatic nitrogens is 1. The third-order valence-electron chi connectivity index (χ3n) is 3.81. The van der Waals surface area contributed by atoms with Crippen molar-refractivity contribution >= 4 is 5.91 Å². The maximum Gasteiger partial charge on any atom is 0.416 e. The van der Waals surface area contributed by atoms with Crippen LogP contribution in [0.3, 0.4) is 0 Å². The molecule has 2 aromatic rings. The van der Waals surface area contributed by atoms with Gasteiger partial charge >= 0.3 is 6.18 Å². The zero-order valence-corrected chi connectivity index (χ0v) is 12.3. The third-order valence-corrected chi connectivity index (χ3v) is 3.81. The largest absolute Gasteiger partial charge is 0.416 e. The van der Waals surface area contributed by atoms with Gasteiger partial charge in [-0.3, -0.25) is 9.78 Å². The van der Waals surface area contributed by atoms with E-state index in [0.717, 1.165) is 30.5 Å². The van der Waals surface area contributed by atoms with E-state index in [9.17, 15) is 18.0 Å². The first-order valence-corrected chi connectivity index (χ1v) is 7.32. The Hall–Kier alpha value is -2.37. The van der Waals surface area contributed by atoms with Crippen LogP contribution >= 0.6 is 0 Å². The number of hydrogen-bond acceptors (Lipinski definition) is 2. The summed E-state index contributed by atoms with van der Waals surface area (Å²) >= 11 is 0. The van der Waals surface area contributed by atoms with E-state index in [0.29, 0.717) is 6.54 Å². The van der Waals surface area contributed by atoms with Gasteiger partial charge in [-0.05, 0) is 54.8 Å². The SMILES string of the molecule is O=C(c1ccc(C(F)(F)F)cc1)N(Cc1ccncc1)C1CC1. The third kappa shape index (κ3) is 3.70. The topological polar surface area (TPSA) is 33.2 Å². The number of alkyl halides is 3. The fraction of sp³-hybridized carbons (Fsp3) is 0.294. The molecule has 1 amide bonds. The molecule has 1 heterocycles. The zero-order valence-electron chi connectivity index (χ0n) is 12.3. The molecule has 0 radical (unpaired) electrons. The van der Waals surface area contributed by atoms with Crippen LogP contribution in [-0.4, -0.2) is 21.8 Å². The van der Waals surface area contributed by atoms with Crippen molar-refractivity contribution in [2.75, 3.05) is 0 Å². The van der Waals surface area contributed by atoms with Crippen LogP contribution in [0.4, 0.5) is 13.2 Å². The molecule has 6 heteroatoms. The van der Waals surface area contributed by atoms with Gasteiger partial charge in [0.1, 0.15) is 0 Å². The fourth-order valence-electron chi connectivity index (χ4n) is 2.41. The number of rotatable bonds is 4. The molecule has 3 nitrogen and oxygen atoms in total. The van der Waals surface area contributed by atoms with Crippen molar-refractivity contribution in [1.82, 2.24) is 9.88 Å². The normalized spacial score (nSPS) is 14.6. The number of benzene rings is 1. The minimum atomic E-state index is -4.39. The monoisotopic (exact) mass is 320 g/mol. The standard InChI is InChI=1S/C17H15F3N2O/c18-17(19,20)14-3-1-13(2-4-14)16(23)22(15-5-6-15)11-12-7-9-21-10-8-12/h1-4,7-10,15H,5-6,11H2. The highest BCUT2D eigenvalue weighted by molar-refractivity contribution is 5.94. The molecule has 1 fully saturated rings. The molecule has 120 valence electrons. The number of carbonyl (C=O) groups is 1. The fourth-order valence-corrected chi connectivity index (χ4v) is 2.41. The van der Waals surface area contributed by atoms with E-state index in [1.54, 1.807) is 17.3 Å². The molecule has 3 rings (SSSR count). The summed E-state index contributed by atoms with van der Waals surface area (Å²) in [4.78, 5) is 18.3. The summed E-state index contributed by atoms with van der Waals surface area (Å²) in [5, 5.41) is 0. The minimum absolute atomic E-state index is 0.165. The van der Waals surface area contributed by atoms with E-state index in [2.05, 4.69) is 4.98 Å². The quantitative estimate of drug-likeness (QED) is 0.856. The number of amides is 1. The van der Waals surface area contributed by atoms with Gasteiger partial charge in [0, 0.05) is 30.5 Å². The second-order valence-corrected chi connectivity index (χ2v) is 5.59. The number of carbonyl (C=O) groups excluding carboxylic acids is 1. The predicted octanol–water partition coefficient (Wildman–Crippen LogP) is 3.91. The molecular formula is C17H15F3N2O. The van der Waals surface area contributed by atoms with E-state index in [-0.39, 0.29) is 17.5 Å². The van der Waals surface area contributed by atoms with E-state index >= 15 is 0 Å². The molecule has 23 heavy (non-hydrogen) atoms. The van der Waals surface area contributed by atoms with Crippen LogP contribution in [0.1, 0.15) is 34.3 Å². The van der Waals surface area contributed by atoms with Crippen molar-refractivity contribution in [1.29, 1.82) is 0 Å². The first kappa shape index (κ1) is 15.5. The Labute approximate surface area is 131 Å². The van der Waals surface area contributed by atoms with Crippen LogP contribution < -0.4 is 0 Å². The maximum absolute atomic E-state index is 12.6. The summed E-state index contributed by atoms with van der Waals surface area (Å²) in [5.41, 5.74) is 0.479. The summed E-state index contributed by atoms with van der Waals surface area (Å²) in [6.07, 6.45) is 0.774. The van der Waals surface area contributed by atoms with Gasteiger partial charge in [-0.15, -0.1) is 0 Å². The number of pyridine rings is 1. The van der Waals surface area contributed by atoms with Crippen LogP contribution in [0, 0.1) is 0 Å². The lowest BCUT2D eigenvalue weighted by Crippen LogP contribution is -2.32. The van der Waals surface area contributed by atoms with Crippen molar-refractivity contribution in [3.05, 3.63) is 65.5 Å². The molecule has 0 bridgehead atoms. The lowest BCUT2D eigenvalue weighted by atomic mass is 10.1. The van der Waals surface area contributed by atoms with E-state index < -0.39 is 11.7 Å². The number of halogens is 3. The van der Waals surface area contributed by atoms with Crippen LogP contribution in [0.5, 0.6) is 0 Å². The van der Waals surface area contributed by atoms with Gasteiger partial charge in [0.25, 0.3) is 5.91 Å². The maximum atomic E-state index is 12.6. The van der Waals surface area contributed by atoms with Gasteiger partial charge < -0.3 is 4.90 Å². The highest BCUT2D eigenvalue weighted by Crippen LogP contribution is 2.31. The Balaban J connectivity index is 1.79. The lowest BCUT2D eigenvalue weighted by Gasteiger charge is -2.23. The van der Waals surface area contributed by atoms with Gasteiger partial charge in [-0.1, -0.05) is 0 Å². The smallest absolute Gasteiger partial charge is 0.331 e. The van der Waals surface area contributed by atoms with Gasteiger partial charge in [-0.25, -0.2) is 0 Å². The number of nitrogens with zero attached hydrogens (tertiary/aromatic N) is 2. The molecule has 1 aliphatic rings. The van der Waals surface area contributed by atoms with Crippen molar-refractivity contribution in [2.24, 2.45) is 0 Å². The average Bonchev–Trinajstić information content (AvgIpc) is 3.37. The molecular weight excluding hydrogens is 305 g/mol. The van der Waals surface area contributed by atoms with E-state index in [1.165, 1.54) is 12.1 Å². The second kappa shape index (κ2) is 6.02. The van der Waals surface area contributed by atoms with Crippen molar-refractivity contribution in [3.8, 4) is 0 Å². The van der Waals surface area contributed by atoms with E-state index in [4.69, 9.17) is 0 Å². The van der Waals surface area contributed by atoms with Crippen LogP contribution in [0.2, 0.25) is 0 Å². The highest BCUT2D eigenvalue weighted by atomic mass is 19.4. The summed E-state index contributed by atoms with van der Waals surface area (Å²) in [6, 6.07) is 8.21. The van der Waals surface area contributed by atoms with Crippen LogP contribution in [0.25, 0.3) is 0 Å². The van der Waals surface area contributed by atoms with Crippen molar-refractivity contribution in [3.63, 3.8) is 0 Å². The van der Waals surface area contributed by atoms with Gasteiger partial charge in [0.2, 0.25) is 0 Å². The molecule has 0 saturated heterocycles. The Morgan fingerprint density at radius 3 is 2.22 bits per heavy atom. The van der Waals surface area contributed by atoms with Gasteiger partial charge in [0.15, 0.2) is 0 Å². The van der Waals surface area contributed by atoms with Crippen LogP contribution in [0.15, 0.2) is 48.8 Å². The molecule has 0 atom stereocenters. The molecule has 1 aromatic carbocycles. The predicted molar refractivity (Wildman–Crippen MR) is 78.6 cm³/mol. The molecule has 1 aromatic heterocycles. The average molecular weight is 320 g/mol. The Morgan fingerprint density at radius 1 is 1.09 bits per heavy atom. The second-order valence-electron chi connectivity index (χ2n) is 5.59. The first-order valence-electron chi connectivity index (χ1n) is 7.32. The van der Waals surface area contributed by atoms with Gasteiger partial charge in [0.05, 0.1) is 5.56 Å². The Bertz CT molecular complexity index is 679. The summed E-state index contributed by atoms with van der Waals surface area (Å²) < 4.78 is 37.8. The summed E-state index contributed by atoms with van der Waals surface area (Å²) in [6.45, 7) is 0.438. The molecule has 0 aliphatic heterocycles. The molecule has 0 spiro atoms. The molecule has 0 unspecified atom stereocenters. The lowest BCUT2D eigenvalue weighted by molar-refractivity contribution is -0.137. The highest BCUT2D eigenvalue weighted by Gasteiger charge is 2.34. The van der Waals surface area contributed by atoms with Crippen LogP contribution in [-0.2, 0) is 12.7 Å². The first-order chi connectivity index (χ1) is 10.9. The van der Waals surface area contributed by atoms with Crippen molar-refractivity contribution in [2.45, 2.75) is 31.6 Å². The number of hydrogen-bond donors (Lipinski definition) is 0. The summed E-state index contributed by atoms with van der Waals surface area (Å²) in [7, 11) is 0. The Kier molecular flexibility index (Phi) is 4.07. The molecule has 1 saturated carbocycles. The molecule has 1 aliphatic carbocycles. The Morgan fingerprint density at radius 2 is 1.70 bits per heavy atom. The van der Waals surface area contributed by atoms with Crippen molar-refractivity contribution < 1.29 is 18.0 Å².